The van der Waals surface area contributed by atoms with Crippen molar-refractivity contribution in [1.29, 1.82) is 0 Å². The summed E-state index contributed by atoms with van der Waals surface area (Å²) in [6.45, 7) is 8.70. The minimum Gasteiger partial charge on any atom is -0.393 e. The molecule has 130 valence electrons. The molecule has 2 aromatic rings. The normalized spacial score (nSPS) is 23.8. The fraction of sp³-hybridized carbons (Fsp3) is 0.647. The van der Waals surface area contributed by atoms with Gasteiger partial charge >= 0.3 is 0 Å². The lowest BCUT2D eigenvalue weighted by molar-refractivity contribution is 0.137. The first kappa shape index (κ1) is 16.8. The van der Waals surface area contributed by atoms with E-state index in [-0.39, 0.29) is 17.9 Å². The third-order valence-electron chi connectivity index (χ3n) is 4.69. The Bertz CT molecular complexity index is 698. The van der Waals surface area contributed by atoms with Crippen LogP contribution in [0.25, 0.3) is 0 Å². The molecule has 0 aromatic carbocycles. The summed E-state index contributed by atoms with van der Waals surface area (Å²) in [6, 6.07) is 0. The van der Waals surface area contributed by atoms with Crippen LogP contribution in [0.15, 0.2) is 6.20 Å². The van der Waals surface area contributed by atoms with E-state index in [2.05, 4.69) is 44.3 Å². The van der Waals surface area contributed by atoms with Crippen LogP contribution in [0.3, 0.4) is 0 Å². The maximum Gasteiger partial charge on any atom is 0.153 e. The smallest absolute Gasteiger partial charge is 0.153 e. The fourth-order valence-electron chi connectivity index (χ4n) is 3.21. The molecule has 0 radical (unpaired) electrons. The largest absolute Gasteiger partial charge is 0.393 e. The average molecular weight is 330 g/mol. The molecule has 0 spiro atoms. The van der Waals surface area contributed by atoms with Gasteiger partial charge in [0.15, 0.2) is 5.82 Å². The van der Waals surface area contributed by atoms with Crippen LogP contribution in [0.4, 0.5) is 5.82 Å². The number of H-pyrrole nitrogens is 1. The summed E-state index contributed by atoms with van der Waals surface area (Å²) in [5.74, 6) is 3.24. The summed E-state index contributed by atoms with van der Waals surface area (Å²) in [5.41, 5.74) is 1.76. The predicted octanol–water partition coefficient (Wildman–Crippen LogP) is 2.30. The Kier molecular flexibility index (Phi) is 4.80. The first-order chi connectivity index (χ1) is 11.4. The van der Waals surface area contributed by atoms with Crippen molar-refractivity contribution in [2.75, 3.05) is 11.9 Å². The molecule has 1 aliphatic carbocycles. The number of hydrogen-bond acceptors (Lipinski definition) is 6. The third kappa shape index (κ3) is 3.56. The topological polar surface area (TPSA) is 99.6 Å². The number of aryl methyl sites for hydroxylation is 2. The van der Waals surface area contributed by atoms with E-state index in [4.69, 9.17) is 0 Å². The Morgan fingerprint density at radius 2 is 2.08 bits per heavy atom. The van der Waals surface area contributed by atoms with Crippen LogP contribution in [-0.2, 0) is 0 Å². The quantitative estimate of drug-likeness (QED) is 0.778. The zero-order chi connectivity index (χ0) is 17.3. The molecule has 24 heavy (non-hydrogen) atoms. The average Bonchev–Trinajstić information content (AvgIpc) is 3.15. The van der Waals surface area contributed by atoms with E-state index in [9.17, 15) is 5.11 Å². The molecule has 7 heteroatoms. The van der Waals surface area contributed by atoms with Crippen molar-refractivity contribution in [2.24, 2.45) is 5.92 Å². The molecule has 0 amide bonds. The summed E-state index contributed by atoms with van der Waals surface area (Å²) in [4.78, 5) is 13.4. The lowest BCUT2D eigenvalue weighted by atomic mass is 10.0. The monoisotopic (exact) mass is 330 g/mol. The Morgan fingerprint density at radius 3 is 2.79 bits per heavy atom. The molecule has 3 rings (SSSR count). The highest BCUT2D eigenvalue weighted by molar-refractivity contribution is 5.39. The summed E-state index contributed by atoms with van der Waals surface area (Å²) in [7, 11) is 0. The van der Waals surface area contributed by atoms with Crippen LogP contribution in [0, 0.1) is 19.8 Å². The Hall–Kier alpha value is -2.02. The minimum atomic E-state index is -0.340. The molecule has 1 fully saturated rings. The van der Waals surface area contributed by atoms with E-state index in [1.54, 1.807) is 6.20 Å². The lowest BCUT2D eigenvalue weighted by Gasteiger charge is -2.16. The number of anilines is 1. The number of aliphatic hydroxyl groups is 1. The van der Waals surface area contributed by atoms with Gasteiger partial charge in [-0.3, -0.25) is 10.1 Å². The van der Waals surface area contributed by atoms with Gasteiger partial charge in [-0.1, -0.05) is 13.8 Å². The Morgan fingerprint density at radius 1 is 1.29 bits per heavy atom. The van der Waals surface area contributed by atoms with Crippen molar-refractivity contribution in [1.82, 2.24) is 25.1 Å². The van der Waals surface area contributed by atoms with Crippen LogP contribution in [0.5, 0.6) is 0 Å². The Balaban J connectivity index is 1.62. The molecule has 0 bridgehead atoms. The highest BCUT2D eigenvalue weighted by atomic mass is 16.3. The fourth-order valence-corrected chi connectivity index (χ4v) is 3.21. The number of nitrogens with one attached hydrogen (secondary N) is 2. The molecule has 1 aliphatic rings. The maximum atomic E-state index is 10.4. The molecular formula is C17H26N6O. The van der Waals surface area contributed by atoms with E-state index in [1.165, 1.54) is 0 Å². The van der Waals surface area contributed by atoms with Crippen molar-refractivity contribution in [2.45, 2.75) is 58.5 Å². The molecule has 3 N–H and O–H groups in total. The lowest BCUT2D eigenvalue weighted by Crippen LogP contribution is -2.22. The molecule has 0 aliphatic heterocycles. The van der Waals surface area contributed by atoms with Gasteiger partial charge in [0.05, 0.1) is 17.5 Å². The number of aromatic amines is 1. The SMILES string of the molecule is Cc1cnc(C)c(NC[C@H]2C[C@H](c3nc(C(C)C)n[nH]3)C[C@H]2O)n1. The molecule has 2 heterocycles. The van der Waals surface area contributed by atoms with Crippen LogP contribution in [-0.4, -0.2) is 42.9 Å². The second-order valence-electron chi connectivity index (χ2n) is 7.06. The molecule has 3 atom stereocenters. The van der Waals surface area contributed by atoms with Gasteiger partial charge in [0.2, 0.25) is 0 Å². The Labute approximate surface area is 142 Å². The summed E-state index contributed by atoms with van der Waals surface area (Å²) in [6.07, 6.45) is 3.03. The van der Waals surface area contributed by atoms with Crippen LogP contribution in [0.2, 0.25) is 0 Å². The van der Waals surface area contributed by atoms with E-state index in [0.717, 1.165) is 41.7 Å². The van der Waals surface area contributed by atoms with Crippen LogP contribution < -0.4 is 5.32 Å². The van der Waals surface area contributed by atoms with Crippen molar-refractivity contribution < 1.29 is 5.11 Å². The molecule has 7 nitrogen and oxygen atoms in total. The second kappa shape index (κ2) is 6.84. The van der Waals surface area contributed by atoms with E-state index < -0.39 is 0 Å². The van der Waals surface area contributed by atoms with Crippen molar-refractivity contribution in [3.8, 4) is 0 Å². The third-order valence-corrected chi connectivity index (χ3v) is 4.69. The highest BCUT2D eigenvalue weighted by Crippen LogP contribution is 2.37. The molecular weight excluding hydrogens is 304 g/mol. The van der Waals surface area contributed by atoms with Gasteiger partial charge in [-0.2, -0.15) is 5.10 Å². The van der Waals surface area contributed by atoms with E-state index in [0.29, 0.717) is 12.5 Å². The molecule has 2 aromatic heterocycles. The second-order valence-corrected chi connectivity index (χ2v) is 7.06. The van der Waals surface area contributed by atoms with Gasteiger partial charge in [0.1, 0.15) is 11.6 Å². The van der Waals surface area contributed by atoms with Crippen molar-refractivity contribution >= 4 is 5.82 Å². The first-order valence-electron chi connectivity index (χ1n) is 8.58. The van der Waals surface area contributed by atoms with Gasteiger partial charge in [-0.25, -0.2) is 9.97 Å². The summed E-state index contributed by atoms with van der Waals surface area (Å²) < 4.78 is 0. The zero-order valence-electron chi connectivity index (χ0n) is 14.7. The van der Waals surface area contributed by atoms with Gasteiger partial charge in [-0.05, 0) is 26.7 Å². The number of aliphatic hydroxyl groups excluding tert-OH is 1. The van der Waals surface area contributed by atoms with Gasteiger partial charge < -0.3 is 10.4 Å². The van der Waals surface area contributed by atoms with Gasteiger partial charge in [0, 0.05) is 30.5 Å². The summed E-state index contributed by atoms with van der Waals surface area (Å²) in [5, 5.41) is 21.1. The number of nitrogens with zero attached hydrogens (tertiary/aromatic N) is 4. The molecule has 1 saturated carbocycles. The standard InChI is InChI=1S/C17H26N6O/c1-9(2)15-21-17(23-22-15)12-5-13(14(24)6-12)8-19-16-11(4)18-7-10(3)20-16/h7,9,12-14,24H,5-6,8H2,1-4H3,(H,19,20)(H,21,22,23)/t12-,13+,14+/m0/s1. The maximum absolute atomic E-state index is 10.4. The number of hydrogen-bond donors (Lipinski definition) is 3. The van der Waals surface area contributed by atoms with Crippen molar-refractivity contribution in [3.63, 3.8) is 0 Å². The number of rotatable bonds is 5. The van der Waals surface area contributed by atoms with Crippen LogP contribution >= 0.6 is 0 Å². The van der Waals surface area contributed by atoms with Gasteiger partial charge in [0.25, 0.3) is 0 Å². The molecule has 0 unspecified atom stereocenters. The van der Waals surface area contributed by atoms with E-state index in [1.807, 2.05) is 13.8 Å². The highest BCUT2D eigenvalue weighted by Gasteiger charge is 2.35. The minimum absolute atomic E-state index is 0.171. The van der Waals surface area contributed by atoms with Crippen LogP contribution in [0.1, 0.15) is 61.6 Å². The summed E-state index contributed by atoms with van der Waals surface area (Å²) >= 11 is 0. The van der Waals surface area contributed by atoms with Crippen molar-refractivity contribution in [3.05, 3.63) is 29.2 Å². The first-order valence-corrected chi connectivity index (χ1v) is 8.58. The zero-order valence-corrected chi connectivity index (χ0v) is 14.7. The molecule has 0 saturated heterocycles. The van der Waals surface area contributed by atoms with Gasteiger partial charge in [-0.15, -0.1) is 0 Å². The predicted molar refractivity (Wildman–Crippen MR) is 91.9 cm³/mol. The number of aromatic nitrogens is 5. The van der Waals surface area contributed by atoms with E-state index >= 15 is 0 Å².